The summed E-state index contributed by atoms with van der Waals surface area (Å²) < 4.78 is 0. The SMILES string of the molecule is CC#CC(=O)N(c1ccc(N)c(C=O)n1)c1cc(C)c(C)cc1C1CC1. The van der Waals surface area contributed by atoms with Gasteiger partial charge in [0.1, 0.15) is 11.5 Å². The molecular formula is C21H21N3O2. The van der Waals surface area contributed by atoms with Crippen LogP contribution in [0.3, 0.4) is 0 Å². The smallest absolute Gasteiger partial charge is 0.308 e. The Bertz CT molecular complexity index is 950. The molecule has 2 N–H and O–H groups in total. The lowest BCUT2D eigenvalue weighted by atomic mass is 9.99. The van der Waals surface area contributed by atoms with Crippen molar-refractivity contribution >= 4 is 29.4 Å². The van der Waals surface area contributed by atoms with Gasteiger partial charge in [-0.3, -0.25) is 14.5 Å². The normalized spacial score (nSPS) is 12.9. The van der Waals surface area contributed by atoms with Crippen LogP contribution in [0.4, 0.5) is 17.2 Å². The molecule has 0 unspecified atom stereocenters. The molecule has 3 rings (SSSR count). The van der Waals surface area contributed by atoms with Gasteiger partial charge < -0.3 is 5.73 Å². The molecule has 1 aliphatic rings. The third kappa shape index (κ3) is 3.31. The van der Waals surface area contributed by atoms with E-state index in [4.69, 9.17) is 5.73 Å². The van der Waals surface area contributed by atoms with Crippen LogP contribution in [0.2, 0.25) is 0 Å². The molecule has 0 aliphatic heterocycles. The third-order valence-corrected chi connectivity index (χ3v) is 4.62. The second-order valence-electron chi connectivity index (χ2n) is 6.55. The van der Waals surface area contributed by atoms with Crippen molar-refractivity contribution in [2.45, 2.75) is 39.5 Å². The van der Waals surface area contributed by atoms with Crippen LogP contribution in [0.5, 0.6) is 0 Å². The molecule has 1 fully saturated rings. The molecule has 0 bridgehead atoms. The number of nitrogens with two attached hydrogens (primary N) is 1. The highest BCUT2D eigenvalue weighted by atomic mass is 16.2. The van der Waals surface area contributed by atoms with E-state index in [1.54, 1.807) is 19.1 Å². The van der Waals surface area contributed by atoms with Crippen LogP contribution in [0.1, 0.15) is 52.9 Å². The summed E-state index contributed by atoms with van der Waals surface area (Å²) >= 11 is 0. The second kappa shape index (κ2) is 7.01. The van der Waals surface area contributed by atoms with E-state index in [1.807, 2.05) is 13.0 Å². The molecule has 0 spiro atoms. The van der Waals surface area contributed by atoms with Gasteiger partial charge in [0.2, 0.25) is 0 Å². The zero-order chi connectivity index (χ0) is 18.8. The van der Waals surface area contributed by atoms with Gasteiger partial charge in [-0.25, -0.2) is 4.98 Å². The monoisotopic (exact) mass is 347 g/mol. The number of aryl methyl sites for hydroxylation is 2. The molecule has 1 saturated carbocycles. The van der Waals surface area contributed by atoms with Crippen molar-refractivity contribution in [2.75, 3.05) is 10.6 Å². The molecule has 1 aromatic heterocycles. The van der Waals surface area contributed by atoms with E-state index in [1.165, 1.54) is 10.5 Å². The van der Waals surface area contributed by atoms with E-state index in [-0.39, 0.29) is 17.3 Å². The number of amides is 1. The first-order valence-corrected chi connectivity index (χ1v) is 8.56. The highest BCUT2D eigenvalue weighted by molar-refractivity contribution is 6.11. The van der Waals surface area contributed by atoms with Crippen molar-refractivity contribution in [3.63, 3.8) is 0 Å². The molecule has 0 atom stereocenters. The van der Waals surface area contributed by atoms with Gasteiger partial charge in [0.05, 0.1) is 11.4 Å². The summed E-state index contributed by atoms with van der Waals surface area (Å²) in [6, 6.07) is 7.36. The van der Waals surface area contributed by atoms with Crippen molar-refractivity contribution in [3.8, 4) is 11.8 Å². The Labute approximate surface area is 153 Å². The number of rotatable bonds is 4. The first-order chi connectivity index (χ1) is 12.5. The van der Waals surface area contributed by atoms with Crippen molar-refractivity contribution < 1.29 is 9.59 Å². The average molecular weight is 347 g/mol. The topological polar surface area (TPSA) is 76.3 Å². The number of pyridine rings is 1. The summed E-state index contributed by atoms with van der Waals surface area (Å²) in [6.45, 7) is 5.69. The molecule has 26 heavy (non-hydrogen) atoms. The van der Waals surface area contributed by atoms with Crippen molar-refractivity contribution in [2.24, 2.45) is 0 Å². The number of hydrogen-bond acceptors (Lipinski definition) is 4. The number of hydrogen-bond donors (Lipinski definition) is 1. The molecule has 5 heteroatoms. The Hall–Kier alpha value is -3.13. The van der Waals surface area contributed by atoms with E-state index >= 15 is 0 Å². The van der Waals surface area contributed by atoms with Gasteiger partial charge in [-0.15, -0.1) is 0 Å². The van der Waals surface area contributed by atoms with Gasteiger partial charge in [-0.1, -0.05) is 12.0 Å². The Morgan fingerprint density at radius 3 is 2.58 bits per heavy atom. The molecule has 1 aliphatic carbocycles. The van der Waals surface area contributed by atoms with Gasteiger partial charge in [-0.2, -0.15) is 0 Å². The van der Waals surface area contributed by atoms with Crippen LogP contribution < -0.4 is 10.6 Å². The van der Waals surface area contributed by atoms with Crippen LogP contribution in [-0.4, -0.2) is 17.2 Å². The number of carbonyl (C=O) groups is 2. The standard InChI is InChI=1S/C21H21N3O2/c1-4-5-21(26)24(20-9-8-17(22)18(12-25)23-20)19-11-14(3)13(2)10-16(19)15-6-7-15/h8-12,15H,6-7,22H2,1-3H3. The Balaban J connectivity index is 2.22. The van der Waals surface area contributed by atoms with E-state index in [9.17, 15) is 9.59 Å². The minimum absolute atomic E-state index is 0.113. The average Bonchev–Trinajstić information content (AvgIpc) is 3.44. The molecule has 5 nitrogen and oxygen atoms in total. The Morgan fingerprint density at radius 2 is 1.96 bits per heavy atom. The largest absolute Gasteiger partial charge is 0.397 e. The zero-order valence-electron chi connectivity index (χ0n) is 15.2. The van der Waals surface area contributed by atoms with E-state index < -0.39 is 0 Å². The highest BCUT2D eigenvalue weighted by Crippen LogP contribution is 2.46. The first-order valence-electron chi connectivity index (χ1n) is 8.56. The fourth-order valence-corrected chi connectivity index (χ4v) is 2.93. The summed E-state index contributed by atoms with van der Waals surface area (Å²) in [5.41, 5.74) is 10.3. The molecular weight excluding hydrogens is 326 g/mol. The number of benzene rings is 1. The molecule has 1 amide bonds. The number of aldehydes is 1. The number of nitrogens with zero attached hydrogens (tertiary/aromatic N) is 2. The number of nitrogen functional groups attached to an aromatic ring is 1. The van der Waals surface area contributed by atoms with Gasteiger partial charge >= 0.3 is 5.91 Å². The number of carbonyl (C=O) groups excluding carboxylic acids is 2. The summed E-state index contributed by atoms with van der Waals surface area (Å²) in [4.78, 5) is 29.8. The molecule has 1 heterocycles. The fraction of sp³-hybridized carbons (Fsp3) is 0.286. The summed E-state index contributed by atoms with van der Waals surface area (Å²) in [6.07, 6.45) is 2.80. The fourth-order valence-electron chi connectivity index (χ4n) is 2.93. The third-order valence-electron chi connectivity index (χ3n) is 4.62. The zero-order valence-corrected chi connectivity index (χ0v) is 15.2. The predicted molar refractivity (Wildman–Crippen MR) is 103 cm³/mol. The van der Waals surface area contributed by atoms with Gasteiger partial charge in [-0.05, 0) is 80.3 Å². The summed E-state index contributed by atoms with van der Waals surface area (Å²) in [5, 5.41) is 0. The maximum Gasteiger partial charge on any atom is 0.308 e. The number of aromatic nitrogens is 1. The van der Waals surface area contributed by atoms with Gasteiger partial charge in [0.15, 0.2) is 6.29 Å². The maximum atomic E-state index is 12.8. The molecule has 0 saturated heterocycles. The highest BCUT2D eigenvalue weighted by Gasteiger charge is 2.31. The molecule has 0 radical (unpaired) electrons. The molecule has 1 aromatic carbocycles. The van der Waals surface area contributed by atoms with Crippen LogP contribution >= 0.6 is 0 Å². The lowest BCUT2D eigenvalue weighted by Crippen LogP contribution is -2.27. The van der Waals surface area contributed by atoms with E-state index in [0.717, 1.165) is 29.7 Å². The van der Waals surface area contributed by atoms with E-state index in [0.29, 0.717) is 18.0 Å². The lowest BCUT2D eigenvalue weighted by Gasteiger charge is -2.24. The van der Waals surface area contributed by atoms with Crippen molar-refractivity contribution in [1.29, 1.82) is 0 Å². The van der Waals surface area contributed by atoms with Gasteiger partial charge in [0, 0.05) is 0 Å². The second-order valence-corrected chi connectivity index (χ2v) is 6.55. The molecule has 132 valence electrons. The Kier molecular flexibility index (Phi) is 4.77. The van der Waals surface area contributed by atoms with Gasteiger partial charge in [0.25, 0.3) is 0 Å². The minimum atomic E-state index is -0.383. The Morgan fingerprint density at radius 1 is 1.27 bits per heavy atom. The van der Waals surface area contributed by atoms with Crippen LogP contribution in [-0.2, 0) is 4.79 Å². The van der Waals surface area contributed by atoms with Crippen LogP contribution in [0, 0.1) is 25.7 Å². The van der Waals surface area contributed by atoms with Crippen LogP contribution in [0.15, 0.2) is 24.3 Å². The maximum absolute atomic E-state index is 12.8. The predicted octanol–water partition coefficient (Wildman–Crippen LogP) is 3.66. The summed E-state index contributed by atoms with van der Waals surface area (Å²) in [7, 11) is 0. The van der Waals surface area contributed by atoms with E-state index in [2.05, 4.69) is 29.8 Å². The quantitative estimate of drug-likeness (QED) is 0.676. The van der Waals surface area contributed by atoms with Crippen molar-refractivity contribution in [3.05, 3.63) is 46.6 Å². The first kappa shape index (κ1) is 17.7. The summed E-state index contributed by atoms with van der Waals surface area (Å²) in [5.74, 6) is 5.65. The van der Waals surface area contributed by atoms with Crippen molar-refractivity contribution in [1.82, 2.24) is 4.98 Å². The van der Waals surface area contributed by atoms with Crippen LogP contribution in [0.25, 0.3) is 0 Å². The number of anilines is 3. The minimum Gasteiger partial charge on any atom is -0.397 e. The molecule has 2 aromatic rings. The lowest BCUT2D eigenvalue weighted by molar-refractivity contribution is -0.112.